The molecule has 1 aliphatic rings. The maximum absolute atomic E-state index is 11.4. The van der Waals surface area contributed by atoms with Gasteiger partial charge in [-0.2, -0.15) is 0 Å². The Hall–Kier alpha value is -0.330. The Bertz CT molecular complexity index is 158. The highest BCUT2D eigenvalue weighted by atomic mass is 16.1. The monoisotopic (exact) mass is 154 g/mol. The van der Waals surface area contributed by atoms with Crippen molar-refractivity contribution in [2.45, 2.75) is 46.5 Å². The van der Waals surface area contributed by atoms with Gasteiger partial charge in [0.25, 0.3) is 0 Å². The number of ketones is 1. The average Bonchev–Trinajstić information content (AvgIpc) is 2.07. The minimum Gasteiger partial charge on any atom is -0.299 e. The van der Waals surface area contributed by atoms with Crippen molar-refractivity contribution in [2.24, 2.45) is 11.3 Å². The van der Waals surface area contributed by atoms with Gasteiger partial charge in [0.05, 0.1) is 0 Å². The van der Waals surface area contributed by atoms with Gasteiger partial charge in [-0.3, -0.25) is 4.79 Å². The van der Waals surface area contributed by atoms with Crippen LogP contribution in [0.2, 0.25) is 0 Å². The van der Waals surface area contributed by atoms with Crippen LogP contribution in [0.1, 0.15) is 46.5 Å². The van der Waals surface area contributed by atoms with Crippen molar-refractivity contribution in [3.8, 4) is 0 Å². The largest absolute Gasteiger partial charge is 0.299 e. The van der Waals surface area contributed by atoms with Crippen molar-refractivity contribution in [1.82, 2.24) is 0 Å². The first-order valence-corrected chi connectivity index (χ1v) is 4.58. The Morgan fingerprint density at radius 1 is 1.55 bits per heavy atom. The Kier molecular flexibility index (Phi) is 2.36. The third-order valence-corrected chi connectivity index (χ3v) is 2.54. The summed E-state index contributed by atoms with van der Waals surface area (Å²) in [5, 5.41) is 0. The normalized spacial score (nSPS) is 29.4. The van der Waals surface area contributed by atoms with Gasteiger partial charge in [0, 0.05) is 12.3 Å². The molecule has 0 heterocycles. The van der Waals surface area contributed by atoms with Gasteiger partial charge in [-0.15, -0.1) is 0 Å². The van der Waals surface area contributed by atoms with Gasteiger partial charge in [-0.05, 0) is 18.3 Å². The van der Waals surface area contributed by atoms with E-state index in [0.29, 0.717) is 11.7 Å². The van der Waals surface area contributed by atoms with Crippen LogP contribution in [-0.4, -0.2) is 5.78 Å². The molecule has 1 heteroatoms. The predicted octanol–water partition coefficient (Wildman–Crippen LogP) is 2.79. The quantitative estimate of drug-likeness (QED) is 0.597. The maximum Gasteiger partial charge on any atom is 0.136 e. The number of hydrogen-bond donors (Lipinski definition) is 0. The molecule has 0 N–H and O–H groups in total. The summed E-state index contributed by atoms with van der Waals surface area (Å²) < 4.78 is 0. The molecule has 0 aromatic heterocycles. The first-order chi connectivity index (χ1) is 5.05. The summed E-state index contributed by atoms with van der Waals surface area (Å²) in [5.74, 6) is 0.881. The van der Waals surface area contributed by atoms with Crippen LogP contribution in [0.5, 0.6) is 0 Å². The first-order valence-electron chi connectivity index (χ1n) is 4.58. The first kappa shape index (κ1) is 8.76. The lowest BCUT2D eigenvalue weighted by molar-refractivity contribution is -0.121. The predicted molar refractivity (Wildman–Crippen MR) is 46.4 cm³/mol. The van der Waals surface area contributed by atoms with Crippen molar-refractivity contribution in [1.29, 1.82) is 0 Å². The number of rotatable bonds is 2. The van der Waals surface area contributed by atoms with Crippen LogP contribution in [0, 0.1) is 11.3 Å². The van der Waals surface area contributed by atoms with E-state index in [1.54, 1.807) is 0 Å². The number of hydrogen-bond acceptors (Lipinski definition) is 1. The second-order valence-corrected chi connectivity index (χ2v) is 4.50. The highest BCUT2D eigenvalue weighted by molar-refractivity contribution is 5.83. The number of carbonyl (C=O) groups excluding carboxylic acids is 1. The number of carbonyl (C=O) groups is 1. The molecule has 0 radical (unpaired) electrons. The van der Waals surface area contributed by atoms with Gasteiger partial charge in [0.2, 0.25) is 0 Å². The fourth-order valence-electron chi connectivity index (χ4n) is 2.08. The third-order valence-electron chi connectivity index (χ3n) is 2.54. The second kappa shape index (κ2) is 2.96. The van der Waals surface area contributed by atoms with E-state index < -0.39 is 0 Å². The minimum absolute atomic E-state index is 0.289. The molecule has 1 fully saturated rings. The van der Waals surface area contributed by atoms with Crippen LogP contribution >= 0.6 is 0 Å². The zero-order valence-corrected chi connectivity index (χ0v) is 7.81. The van der Waals surface area contributed by atoms with Gasteiger partial charge in [0.1, 0.15) is 5.78 Å². The van der Waals surface area contributed by atoms with E-state index in [9.17, 15) is 4.79 Å². The van der Waals surface area contributed by atoms with E-state index in [1.807, 2.05) is 0 Å². The molecule has 0 amide bonds. The molecule has 0 aromatic carbocycles. The van der Waals surface area contributed by atoms with E-state index in [1.165, 1.54) is 0 Å². The average molecular weight is 154 g/mol. The minimum atomic E-state index is 0.289. The van der Waals surface area contributed by atoms with E-state index in [2.05, 4.69) is 20.8 Å². The maximum atomic E-state index is 11.4. The molecule has 0 spiro atoms. The molecule has 0 unspecified atom stereocenters. The highest BCUT2D eigenvalue weighted by Crippen LogP contribution is 2.40. The fraction of sp³-hybridized carbons (Fsp3) is 0.900. The molecule has 64 valence electrons. The van der Waals surface area contributed by atoms with Crippen molar-refractivity contribution in [3.63, 3.8) is 0 Å². The van der Waals surface area contributed by atoms with Crippen LogP contribution in [0.25, 0.3) is 0 Å². The highest BCUT2D eigenvalue weighted by Gasteiger charge is 2.36. The molecule has 0 aromatic rings. The molecule has 0 saturated heterocycles. The Balaban J connectivity index is 2.52. The molecular formula is C10H18O. The zero-order chi connectivity index (χ0) is 8.48. The third kappa shape index (κ3) is 2.05. The molecular weight excluding hydrogens is 136 g/mol. The van der Waals surface area contributed by atoms with Crippen LogP contribution in [0.4, 0.5) is 0 Å². The summed E-state index contributed by atoms with van der Waals surface area (Å²) in [4.78, 5) is 11.4. The number of Topliss-reactive ketones (excluding diaryl/α,β-unsaturated/α-hetero) is 1. The van der Waals surface area contributed by atoms with E-state index >= 15 is 0 Å². The SMILES string of the molecule is CCC[C@H]1CC(C)(C)CC1=O. The second-order valence-electron chi connectivity index (χ2n) is 4.50. The molecule has 0 bridgehead atoms. The standard InChI is InChI=1S/C10H18O/c1-4-5-8-6-10(2,3)7-9(8)11/h8H,4-7H2,1-3H3/t8-/m0/s1. The Morgan fingerprint density at radius 3 is 2.55 bits per heavy atom. The van der Waals surface area contributed by atoms with Crippen LogP contribution < -0.4 is 0 Å². The molecule has 0 aliphatic heterocycles. The Labute approximate surface area is 69.2 Å². The van der Waals surface area contributed by atoms with E-state index in [0.717, 1.165) is 25.7 Å². The van der Waals surface area contributed by atoms with Crippen LogP contribution in [-0.2, 0) is 4.79 Å². The zero-order valence-electron chi connectivity index (χ0n) is 7.81. The lowest BCUT2D eigenvalue weighted by Gasteiger charge is -2.14. The van der Waals surface area contributed by atoms with Crippen LogP contribution in [0.3, 0.4) is 0 Å². The van der Waals surface area contributed by atoms with Crippen molar-refractivity contribution in [3.05, 3.63) is 0 Å². The molecule has 1 rings (SSSR count). The molecule has 1 nitrogen and oxygen atoms in total. The summed E-state index contributed by atoms with van der Waals surface area (Å²) in [5.41, 5.74) is 0.289. The van der Waals surface area contributed by atoms with Crippen molar-refractivity contribution in [2.75, 3.05) is 0 Å². The molecule has 1 atom stereocenters. The summed E-state index contributed by atoms with van der Waals surface area (Å²) in [6.07, 6.45) is 4.16. The van der Waals surface area contributed by atoms with Crippen molar-refractivity contribution < 1.29 is 4.79 Å². The van der Waals surface area contributed by atoms with Crippen LogP contribution in [0.15, 0.2) is 0 Å². The topological polar surface area (TPSA) is 17.1 Å². The molecule has 1 saturated carbocycles. The fourth-order valence-corrected chi connectivity index (χ4v) is 2.08. The van der Waals surface area contributed by atoms with Gasteiger partial charge >= 0.3 is 0 Å². The molecule has 1 aliphatic carbocycles. The Morgan fingerprint density at radius 2 is 2.18 bits per heavy atom. The van der Waals surface area contributed by atoms with Gasteiger partial charge in [0.15, 0.2) is 0 Å². The summed E-state index contributed by atoms with van der Waals surface area (Å²) >= 11 is 0. The van der Waals surface area contributed by atoms with Crippen molar-refractivity contribution >= 4 is 5.78 Å². The smallest absolute Gasteiger partial charge is 0.136 e. The van der Waals surface area contributed by atoms with Gasteiger partial charge in [-0.1, -0.05) is 27.2 Å². The molecule has 11 heavy (non-hydrogen) atoms. The lowest BCUT2D eigenvalue weighted by Crippen LogP contribution is -2.05. The summed E-state index contributed by atoms with van der Waals surface area (Å²) in [6.45, 7) is 6.54. The lowest BCUT2D eigenvalue weighted by atomic mass is 9.90. The summed E-state index contributed by atoms with van der Waals surface area (Å²) in [6, 6.07) is 0. The van der Waals surface area contributed by atoms with E-state index in [4.69, 9.17) is 0 Å². The summed E-state index contributed by atoms with van der Waals surface area (Å²) in [7, 11) is 0. The van der Waals surface area contributed by atoms with E-state index in [-0.39, 0.29) is 5.41 Å². The van der Waals surface area contributed by atoms with Gasteiger partial charge < -0.3 is 0 Å². The van der Waals surface area contributed by atoms with Gasteiger partial charge in [-0.25, -0.2) is 0 Å².